The highest BCUT2D eigenvalue weighted by atomic mass is 35.5. The quantitative estimate of drug-likeness (QED) is 0.734. The number of carbonyl (C=O) groups is 1. The second-order valence-electron chi connectivity index (χ2n) is 6.14. The molecule has 120 valence electrons. The van der Waals surface area contributed by atoms with E-state index in [1.165, 1.54) is 38.9 Å². The Morgan fingerprint density at radius 3 is 2.40 bits per heavy atom. The zero-order valence-corrected chi connectivity index (χ0v) is 14.0. The first-order chi connectivity index (χ1) is 8.60. The molecule has 1 saturated carbocycles. The molecule has 6 heteroatoms. The molecule has 1 heterocycles. The predicted molar refractivity (Wildman–Crippen MR) is 87.7 cm³/mol. The highest BCUT2D eigenvalue weighted by molar-refractivity contribution is 5.88. The number of amides is 1. The Balaban J connectivity index is 0.00000180. The van der Waals surface area contributed by atoms with Crippen molar-refractivity contribution in [2.24, 2.45) is 11.7 Å². The van der Waals surface area contributed by atoms with Crippen molar-refractivity contribution in [3.8, 4) is 0 Å². The first-order valence-electron chi connectivity index (χ1n) is 7.40. The number of piperidine rings is 1. The van der Waals surface area contributed by atoms with Crippen LogP contribution in [0.3, 0.4) is 0 Å². The van der Waals surface area contributed by atoms with Crippen molar-refractivity contribution in [3.63, 3.8) is 0 Å². The molecule has 0 aromatic heterocycles. The Kier molecular flexibility index (Phi) is 9.07. The summed E-state index contributed by atoms with van der Waals surface area (Å²) in [7, 11) is 0. The number of carbonyl (C=O) groups excluding carboxylic acids is 1. The van der Waals surface area contributed by atoms with E-state index in [0.29, 0.717) is 0 Å². The van der Waals surface area contributed by atoms with Crippen LogP contribution in [0.15, 0.2) is 0 Å². The van der Waals surface area contributed by atoms with Crippen molar-refractivity contribution in [1.29, 1.82) is 0 Å². The van der Waals surface area contributed by atoms with Gasteiger partial charge in [-0.15, -0.1) is 24.8 Å². The van der Waals surface area contributed by atoms with E-state index in [2.05, 4.69) is 17.1 Å². The van der Waals surface area contributed by atoms with Gasteiger partial charge >= 0.3 is 0 Å². The van der Waals surface area contributed by atoms with Gasteiger partial charge in [0.25, 0.3) is 0 Å². The molecule has 1 aliphatic carbocycles. The number of hydrogen-bond donors (Lipinski definition) is 2. The van der Waals surface area contributed by atoms with Crippen molar-refractivity contribution < 1.29 is 4.79 Å². The molecule has 0 bridgehead atoms. The third-order valence-electron chi connectivity index (χ3n) is 4.30. The van der Waals surface area contributed by atoms with Crippen LogP contribution >= 0.6 is 24.8 Å². The third kappa shape index (κ3) is 6.17. The summed E-state index contributed by atoms with van der Waals surface area (Å²) in [5.41, 5.74) is 5.30. The van der Waals surface area contributed by atoms with Crippen molar-refractivity contribution in [2.45, 2.75) is 51.0 Å². The molecule has 1 aliphatic heterocycles. The van der Waals surface area contributed by atoms with Gasteiger partial charge in [-0.3, -0.25) is 4.79 Å². The summed E-state index contributed by atoms with van der Waals surface area (Å²) in [6.45, 7) is 6.80. The van der Waals surface area contributed by atoms with Crippen LogP contribution in [0.5, 0.6) is 0 Å². The van der Waals surface area contributed by atoms with E-state index in [-0.39, 0.29) is 30.7 Å². The molecule has 0 radical (unpaired) electrons. The molecule has 2 fully saturated rings. The van der Waals surface area contributed by atoms with E-state index < -0.39 is 5.54 Å². The lowest BCUT2D eigenvalue weighted by Crippen LogP contribution is -2.43. The Hall–Kier alpha value is -0.0300. The van der Waals surface area contributed by atoms with Crippen LogP contribution in [0, 0.1) is 5.92 Å². The molecule has 4 nitrogen and oxygen atoms in total. The maximum Gasteiger partial charge on any atom is 0.240 e. The van der Waals surface area contributed by atoms with Gasteiger partial charge in [0.15, 0.2) is 0 Å². The van der Waals surface area contributed by atoms with Crippen molar-refractivity contribution in [3.05, 3.63) is 0 Å². The molecule has 1 amide bonds. The van der Waals surface area contributed by atoms with Gasteiger partial charge in [0.2, 0.25) is 5.91 Å². The highest BCUT2D eigenvalue weighted by Crippen LogP contribution is 2.31. The summed E-state index contributed by atoms with van der Waals surface area (Å²) < 4.78 is 0. The topological polar surface area (TPSA) is 58.4 Å². The number of rotatable bonds is 6. The van der Waals surface area contributed by atoms with E-state index in [1.54, 1.807) is 0 Å². The van der Waals surface area contributed by atoms with Gasteiger partial charge in [0.05, 0.1) is 5.54 Å². The van der Waals surface area contributed by atoms with E-state index in [0.717, 1.165) is 31.7 Å². The standard InChI is InChI=1S/C14H27N3O.2ClH/c1-12-4-10-17(11-5-12)9-3-2-8-16-13(18)14(15)6-7-14;;/h12H,2-11,15H2,1H3,(H,16,18);2*1H. The predicted octanol–water partition coefficient (Wildman–Crippen LogP) is 1.95. The van der Waals surface area contributed by atoms with Gasteiger partial charge in [0, 0.05) is 6.54 Å². The second-order valence-corrected chi connectivity index (χ2v) is 6.14. The molecule has 0 aromatic carbocycles. The summed E-state index contributed by atoms with van der Waals surface area (Å²) in [4.78, 5) is 14.1. The van der Waals surface area contributed by atoms with Crippen molar-refractivity contribution >= 4 is 30.7 Å². The van der Waals surface area contributed by atoms with Crippen LogP contribution in [0.4, 0.5) is 0 Å². The zero-order chi connectivity index (χ0) is 13.0. The van der Waals surface area contributed by atoms with Crippen molar-refractivity contribution in [2.75, 3.05) is 26.2 Å². The summed E-state index contributed by atoms with van der Waals surface area (Å²) in [5.74, 6) is 0.953. The lowest BCUT2D eigenvalue weighted by molar-refractivity contribution is -0.123. The molecule has 0 atom stereocenters. The zero-order valence-electron chi connectivity index (χ0n) is 12.4. The van der Waals surface area contributed by atoms with Crippen LogP contribution in [-0.2, 0) is 4.79 Å². The first-order valence-corrected chi connectivity index (χ1v) is 7.40. The highest BCUT2D eigenvalue weighted by Gasteiger charge is 2.45. The number of nitrogens with two attached hydrogens (primary N) is 1. The van der Waals surface area contributed by atoms with Crippen LogP contribution in [0.25, 0.3) is 0 Å². The van der Waals surface area contributed by atoms with Gasteiger partial charge in [0.1, 0.15) is 0 Å². The lowest BCUT2D eigenvalue weighted by atomic mass is 9.99. The van der Waals surface area contributed by atoms with E-state index >= 15 is 0 Å². The number of nitrogens with zero attached hydrogens (tertiary/aromatic N) is 1. The summed E-state index contributed by atoms with van der Waals surface area (Å²) in [6, 6.07) is 0. The number of likely N-dealkylation sites (tertiary alicyclic amines) is 1. The summed E-state index contributed by atoms with van der Waals surface area (Å²) in [6.07, 6.45) is 6.62. The summed E-state index contributed by atoms with van der Waals surface area (Å²) in [5, 5.41) is 2.95. The smallest absolute Gasteiger partial charge is 0.240 e. The van der Waals surface area contributed by atoms with E-state index in [4.69, 9.17) is 5.73 Å². The minimum atomic E-state index is -0.511. The fraction of sp³-hybridized carbons (Fsp3) is 0.929. The van der Waals surface area contributed by atoms with Gasteiger partial charge in [-0.2, -0.15) is 0 Å². The van der Waals surface area contributed by atoms with E-state index in [1.807, 2.05) is 0 Å². The Morgan fingerprint density at radius 2 is 1.85 bits per heavy atom. The minimum absolute atomic E-state index is 0. The molecule has 20 heavy (non-hydrogen) atoms. The molecule has 2 aliphatic rings. The fourth-order valence-electron chi connectivity index (χ4n) is 2.49. The third-order valence-corrected chi connectivity index (χ3v) is 4.30. The molecule has 3 N–H and O–H groups in total. The Bertz CT molecular complexity index is 290. The number of hydrogen-bond acceptors (Lipinski definition) is 3. The largest absolute Gasteiger partial charge is 0.355 e. The fourth-order valence-corrected chi connectivity index (χ4v) is 2.49. The van der Waals surface area contributed by atoms with E-state index in [9.17, 15) is 4.79 Å². The monoisotopic (exact) mass is 325 g/mol. The second kappa shape index (κ2) is 9.08. The maximum atomic E-state index is 11.6. The molecule has 0 aromatic rings. The number of halogens is 2. The average Bonchev–Trinajstić information content (AvgIpc) is 3.10. The van der Waals surface area contributed by atoms with Crippen LogP contribution in [0.1, 0.15) is 45.4 Å². The Labute approximate surface area is 135 Å². The minimum Gasteiger partial charge on any atom is -0.355 e. The van der Waals surface area contributed by atoms with Gasteiger partial charge < -0.3 is 16.0 Å². The molecule has 0 spiro atoms. The summed E-state index contributed by atoms with van der Waals surface area (Å²) >= 11 is 0. The van der Waals surface area contributed by atoms with Gasteiger partial charge in [-0.1, -0.05) is 6.92 Å². The van der Waals surface area contributed by atoms with Gasteiger partial charge in [-0.25, -0.2) is 0 Å². The lowest BCUT2D eigenvalue weighted by Gasteiger charge is -2.30. The van der Waals surface area contributed by atoms with Crippen LogP contribution < -0.4 is 11.1 Å². The first kappa shape index (κ1) is 20.0. The van der Waals surface area contributed by atoms with Crippen molar-refractivity contribution in [1.82, 2.24) is 10.2 Å². The number of nitrogens with one attached hydrogen (secondary N) is 1. The van der Waals surface area contributed by atoms with Crippen LogP contribution in [-0.4, -0.2) is 42.5 Å². The van der Waals surface area contributed by atoms with Crippen LogP contribution in [0.2, 0.25) is 0 Å². The van der Waals surface area contributed by atoms with Gasteiger partial charge in [-0.05, 0) is 64.1 Å². The SMILES string of the molecule is CC1CCN(CCCCNC(=O)C2(N)CC2)CC1.Cl.Cl. The normalized spacial score (nSPS) is 21.5. The molecule has 1 saturated heterocycles. The molecule has 0 unspecified atom stereocenters. The molecular formula is C14H29Cl2N3O. The molecule has 2 rings (SSSR count). The number of unbranched alkanes of at least 4 members (excludes halogenated alkanes) is 1. The maximum absolute atomic E-state index is 11.6. The molecular weight excluding hydrogens is 297 g/mol. The average molecular weight is 326 g/mol. The Morgan fingerprint density at radius 1 is 1.25 bits per heavy atom.